The van der Waals surface area contributed by atoms with Crippen molar-refractivity contribution >= 4 is 16.9 Å². The van der Waals surface area contributed by atoms with Crippen LogP contribution in [0.2, 0.25) is 0 Å². The van der Waals surface area contributed by atoms with E-state index in [2.05, 4.69) is 18.9 Å². The van der Waals surface area contributed by atoms with Gasteiger partial charge in [-0.25, -0.2) is 9.67 Å². The van der Waals surface area contributed by atoms with Crippen molar-refractivity contribution in [3.05, 3.63) is 48.2 Å². The van der Waals surface area contributed by atoms with E-state index >= 15 is 0 Å². The van der Waals surface area contributed by atoms with Crippen LogP contribution in [0.3, 0.4) is 0 Å². The lowest BCUT2D eigenvalue weighted by Crippen LogP contribution is -2.40. The van der Waals surface area contributed by atoms with Crippen molar-refractivity contribution in [2.45, 2.75) is 32.7 Å². The van der Waals surface area contributed by atoms with Gasteiger partial charge in [-0.2, -0.15) is 5.10 Å². The molecule has 1 saturated heterocycles. The third-order valence-electron chi connectivity index (χ3n) is 5.59. The van der Waals surface area contributed by atoms with Crippen LogP contribution < -0.4 is 5.73 Å². The molecule has 1 aromatic carbocycles. The van der Waals surface area contributed by atoms with Crippen LogP contribution in [0.1, 0.15) is 43.1 Å². The van der Waals surface area contributed by atoms with Gasteiger partial charge in [0, 0.05) is 24.7 Å². The Labute approximate surface area is 165 Å². The number of amides is 1. The minimum atomic E-state index is 0.0587. The molecule has 3 heterocycles. The van der Waals surface area contributed by atoms with Crippen molar-refractivity contribution in [3.63, 3.8) is 0 Å². The summed E-state index contributed by atoms with van der Waals surface area (Å²) in [7, 11) is 0. The summed E-state index contributed by atoms with van der Waals surface area (Å²) in [5.74, 6) is 0.577. The van der Waals surface area contributed by atoms with Gasteiger partial charge in [-0.15, -0.1) is 0 Å². The molecule has 1 amide bonds. The fourth-order valence-electron chi connectivity index (χ4n) is 3.87. The normalized spacial score (nSPS) is 15.5. The molecule has 0 aliphatic carbocycles. The van der Waals surface area contributed by atoms with Crippen molar-refractivity contribution in [1.29, 1.82) is 0 Å². The predicted octanol–water partition coefficient (Wildman–Crippen LogP) is 3.49. The summed E-state index contributed by atoms with van der Waals surface area (Å²) in [6.07, 6.45) is 3.71. The van der Waals surface area contributed by atoms with Crippen LogP contribution in [0.25, 0.3) is 22.3 Å². The highest BCUT2D eigenvalue weighted by Crippen LogP contribution is 2.28. The number of nitrogens with zero attached hydrogens (tertiary/aromatic N) is 4. The van der Waals surface area contributed by atoms with Crippen molar-refractivity contribution in [2.75, 3.05) is 19.6 Å². The summed E-state index contributed by atoms with van der Waals surface area (Å²) in [5, 5.41) is 5.33. The molecule has 6 heteroatoms. The van der Waals surface area contributed by atoms with Crippen LogP contribution in [0.15, 0.2) is 42.6 Å². The third-order valence-corrected chi connectivity index (χ3v) is 5.59. The van der Waals surface area contributed by atoms with Crippen LogP contribution >= 0.6 is 0 Å². The average Bonchev–Trinajstić information content (AvgIpc) is 3.17. The molecule has 1 fully saturated rings. The number of hydrogen-bond donors (Lipinski definition) is 1. The first-order valence-electron chi connectivity index (χ1n) is 10.0. The van der Waals surface area contributed by atoms with Crippen LogP contribution in [0.4, 0.5) is 0 Å². The van der Waals surface area contributed by atoms with Gasteiger partial charge in [0.2, 0.25) is 0 Å². The lowest BCUT2D eigenvalue weighted by molar-refractivity contribution is 0.0695. The Morgan fingerprint density at radius 1 is 1.21 bits per heavy atom. The average molecular weight is 377 g/mol. The number of carbonyl (C=O) groups excluding carboxylic acids is 1. The van der Waals surface area contributed by atoms with E-state index in [-0.39, 0.29) is 11.9 Å². The summed E-state index contributed by atoms with van der Waals surface area (Å²) < 4.78 is 1.89. The second-order valence-corrected chi connectivity index (χ2v) is 7.81. The first-order valence-corrected chi connectivity index (χ1v) is 10.0. The molecule has 28 heavy (non-hydrogen) atoms. The maximum Gasteiger partial charge on any atom is 0.254 e. The predicted molar refractivity (Wildman–Crippen MR) is 111 cm³/mol. The van der Waals surface area contributed by atoms with Crippen LogP contribution in [0.5, 0.6) is 0 Å². The van der Waals surface area contributed by atoms with E-state index in [4.69, 9.17) is 10.7 Å². The third kappa shape index (κ3) is 3.40. The Morgan fingerprint density at radius 3 is 2.57 bits per heavy atom. The van der Waals surface area contributed by atoms with E-state index in [9.17, 15) is 4.79 Å². The highest BCUT2D eigenvalue weighted by molar-refractivity contribution is 6.06. The minimum absolute atomic E-state index is 0.0587. The molecule has 0 unspecified atom stereocenters. The van der Waals surface area contributed by atoms with Crippen molar-refractivity contribution in [1.82, 2.24) is 19.7 Å². The zero-order valence-corrected chi connectivity index (χ0v) is 16.5. The van der Waals surface area contributed by atoms with Gasteiger partial charge in [-0.3, -0.25) is 4.79 Å². The number of nitrogens with two attached hydrogens (primary N) is 1. The van der Waals surface area contributed by atoms with Crippen LogP contribution in [-0.4, -0.2) is 45.2 Å². The van der Waals surface area contributed by atoms with E-state index in [0.29, 0.717) is 18.0 Å². The first-order chi connectivity index (χ1) is 13.6. The number of benzene rings is 1. The molecular weight excluding hydrogens is 350 g/mol. The van der Waals surface area contributed by atoms with Crippen molar-refractivity contribution in [2.24, 2.45) is 11.7 Å². The zero-order chi connectivity index (χ0) is 19.7. The molecule has 1 aliphatic rings. The molecule has 1 aliphatic heterocycles. The standard InChI is InChI=1S/C22H27N5O/c1-15(2)27-21-19(14-24-27)18(12-20(25-21)17-6-4-3-5-7-17)22(28)26-10-8-16(13-23)9-11-26/h3-7,12,14-16H,8-11,13,23H2,1-2H3. The molecule has 146 valence electrons. The smallest absolute Gasteiger partial charge is 0.254 e. The largest absolute Gasteiger partial charge is 0.339 e. The molecule has 4 rings (SSSR count). The fraction of sp³-hybridized carbons (Fsp3) is 0.409. The molecule has 0 atom stereocenters. The molecular formula is C22H27N5O. The zero-order valence-electron chi connectivity index (χ0n) is 16.5. The summed E-state index contributed by atoms with van der Waals surface area (Å²) >= 11 is 0. The number of carbonyl (C=O) groups is 1. The number of pyridine rings is 1. The number of rotatable bonds is 4. The lowest BCUT2D eigenvalue weighted by atomic mass is 9.96. The summed E-state index contributed by atoms with van der Waals surface area (Å²) in [4.78, 5) is 20.2. The van der Waals surface area contributed by atoms with Gasteiger partial charge < -0.3 is 10.6 Å². The van der Waals surface area contributed by atoms with Crippen molar-refractivity contribution < 1.29 is 4.79 Å². The number of fused-ring (bicyclic) bond motifs is 1. The van der Waals surface area contributed by atoms with Gasteiger partial charge >= 0.3 is 0 Å². The van der Waals surface area contributed by atoms with Gasteiger partial charge in [0.15, 0.2) is 5.65 Å². The Morgan fingerprint density at radius 2 is 1.93 bits per heavy atom. The van der Waals surface area contributed by atoms with E-state index in [1.807, 2.05) is 46.0 Å². The minimum Gasteiger partial charge on any atom is -0.339 e. The van der Waals surface area contributed by atoms with Gasteiger partial charge in [0.05, 0.1) is 22.8 Å². The van der Waals surface area contributed by atoms with Gasteiger partial charge in [-0.05, 0) is 45.2 Å². The lowest BCUT2D eigenvalue weighted by Gasteiger charge is -2.31. The number of hydrogen-bond acceptors (Lipinski definition) is 4. The maximum atomic E-state index is 13.4. The second kappa shape index (κ2) is 7.72. The van der Waals surface area contributed by atoms with Crippen molar-refractivity contribution in [3.8, 4) is 11.3 Å². The van der Waals surface area contributed by atoms with E-state index in [0.717, 1.165) is 48.2 Å². The van der Waals surface area contributed by atoms with Gasteiger partial charge in [0.1, 0.15) is 0 Å². The van der Waals surface area contributed by atoms with E-state index in [1.54, 1.807) is 6.20 Å². The molecule has 0 bridgehead atoms. The Hall–Kier alpha value is -2.73. The summed E-state index contributed by atoms with van der Waals surface area (Å²) in [6.45, 7) is 6.35. The molecule has 2 aromatic heterocycles. The Balaban J connectivity index is 1.79. The summed E-state index contributed by atoms with van der Waals surface area (Å²) in [6, 6.07) is 12.1. The van der Waals surface area contributed by atoms with E-state index < -0.39 is 0 Å². The first kappa shape index (κ1) is 18.6. The van der Waals surface area contributed by atoms with E-state index in [1.165, 1.54) is 0 Å². The monoisotopic (exact) mass is 377 g/mol. The summed E-state index contributed by atoms with van der Waals surface area (Å²) in [5.41, 5.74) is 9.04. The molecule has 6 nitrogen and oxygen atoms in total. The number of aromatic nitrogens is 3. The molecule has 2 N–H and O–H groups in total. The molecule has 0 radical (unpaired) electrons. The quantitative estimate of drug-likeness (QED) is 0.755. The molecule has 0 spiro atoms. The SMILES string of the molecule is CC(C)n1ncc2c(C(=O)N3CCC(CN)CC3)cc(-c3ccccc3)nc21. The van der Waals surface area contributed by atoms with Gasteiger partial charge in [-0.1, -0.05) is 30.3 Å². The van der Waals surface area contributed by atoms with Crippen LogP contribution in [-0.2, 0) is 0 Å². The highest BCUT2D eigenvalue weighted by Gasteiger charge is 2.26. The van der Waals surface area contributed by atoms with Gasteiger partial charge in [0.25, 0.3) is 5.91 Å². The maximum absolute atomic E-state index is 13.4. The second-order valence-electron chi connectivity index (χ2n) is 7.81. The topological polar surface area (TPSA) is 77.0 Å². The number of likely N-dealkylation sites (tertiary alicyclic amines) is 1. The molecule has 3 aromatic rings. The van der Waals surface area contributed by atoms with Crippen LogP contribution in [0, 0.1) is 5.92 Å². The Kier molecular flexibility index (Phi) is 5.13. The molecule has 0 saturated carbocycles. The highest BCUT2D eigenvalue weighted by atomic mass is 16.2. The Bertz CT molecular complexity index is 971. The number of piperidine rings is 1. The fourth-order valence-corrected chi connectivity index (χ4v) is 3.87.